The molecule has 0 aliphatic rings. The molecule has 0 fully saturated rings. The summed E-state index contributed by atoms with van der Waals surface area (Å²) in [6.07, 6.45) is 1.66. The van der Waals surface area contributed by atoms with Gasteiger partial charge in [-0.3, -0.25) is 0 Å². The maximum atomic E-state index is 3.98. The van der Waals surface area contributed by atoms with E-state index in [0.29, 0.717) is 0 Å². The van der Waals surface area contributed by atoms with Gasteiger partial charge in [-0.1, -0.05) is 18.2 Å². The van der Waals surface area contributed by atoms with Crippen molar-refractivity contribution >= 4 is 0 Å². The van der Waals surface area contributed by atoms with Gasteiger partial charge in [0.15, 0.2) is 0 Å². The topological polar surface area (TPSA) is 25.8 Å². The van der Waals surface area contributed by atoms with E-state index >= 15 is 0 Å². The maximum Gasteiger partial charge on any atom is 0.0929 e. The molecular formula is C10H7N2. The average Bonchev–Trinajstić information content (AvgIpc) is 2.21. The largest absolute Gasteiger partial charge is 0.159 e. The molecule has 0 spiro atoms. The number of hydrogen-bond acceptors (Lipinski definition) is 2. The predicted molar refractivity (Wildman–Crippen MR) is 46.3 cm³/mol. The Labute approximate surface area is 70.9 Å². The fourth-order valence-corrected chi connectivity index (χ4v) is 1.01. The van der Waals surface area contributed by atoms with Crippen LogP contribution in [0, 0.1) is 6.07 Å². The van der Waals surface area contributed by atoms with E-state index in [-0.39, 0.29) is 0 Å². The summed E-state index contributed by atoms with van der Waals surface area (Å²) in [6, 6.07) is 14.5. The molecule has 0 saturated carbocycles. The number of rotatable bonds is 1. The van der Waals surface area contributed by atoms with Crippen LogP contribution in [0.4, 0.5) is 0 Å². The molecule has 2 nitrogen and oxygen atoms in total. The zero-order valence-corrected chi connectivity index (χ0v) is 6.44. The van der Waals surface area contributed by atoms with Gasteiger partial charge in [0.25, 0.3) is 0 Å². The van der Waals surface area contributed by atoms with Crippen LogP contribution in [0.1, 0.15) is 0 Å². The Morgan fingerprint density at radius 1 is 1.17 bits per heavy atom. The smallest absolute Gasteiger partial charge is 0.0929 e. The van der Waals surface area contributed by atoms with Gasteiger partial charge in [-0.25, -0.2) is 0 Å². The minimum absolute atomic E-state index is 0.884. The Hall–Kier alpha value is -1.70. The van der Waals surface area contributed by atoms with E-state index in [4.69, 9.17) is 0 Å². The SMILES string of the molecule is [c]1cccc(-c2cccnn2)c1. The molecule has 0 aliphatic heterocycles. The summed E-state index contributed by atoms with van der Waals surface area (Å²) in [4.78, 5) is 0. The van der Waals surface area contributed by atoms with Gasteiger partial charge >= 0.3 is 0 Å². The second-order valence-corrected chi connectivity index (χ2v) is 2.40. The van der Waals surface area contributed by atoms with E-state index in [9.17, 15) is 0 Å². The van der Waals surface area contributed by atoms with Crippen LogP contribution in [0.15, 0.2) is 42.6 Å². The molecule has 0 N–H and O–H groups in total. The van der Waals surface area contributed by atoms with Crippen molar-refractivity contribution in [2.45, 2.75) is 0 Å². The van der Waals surface area contributed by atoms with E-state index in [1.54, 1.807) is 6.20 Å². The number of nitrogens with zero attached hydrogens (tertiary/aromatic N) is 2. The zero-order chi connectivity index (χ0) is 8.23. The van der Waals surface area contributed by atoms with Crippen LogP contribution < -0.4 is 0 Å². The Morgan fingerprint density at radius 3 is 2.83 bits per heavy atom. The molecule has 0 atom stereocenters. The molecular weight excluding hydrogens is 148 g/mol. The van der Waals surface area contributed by atoms with Crippen molar-refractivity contribution in [2.24, 2.45) is 0 Å². The molecule has 1 aromatic heterocycles. The highest BCUT2D eigenvalue weighted by molar-refractivity contribution is 5.57. The van der Waals surface area contributed by atoms with Crippen LogP contribution in [0.25, 0.3) is 11.3 Å². The van der Waals surface area contributed by atoms with E-state index in [1.165, 1.54) is 0 Å². The summed E-state index contributed by atoms with van der Waals surface area (Å²) in [6.45, 7) is 0. The third-order valence-electron chi connectivity index (χ3n) is 1.58. The molecule has 0 bridgehead atoms. The minimum Gasteiger partial charge on any atom is -0.159 e. The summed E-state index contributed by atoms with van der Waals surface area (Å²) in [7, 11) is 0. The van der Waals surface area contributed by atoms with Gasteiger partial charge in [0.1, 0.15) is 0 Å². The van der Waals surface area contributed by atoms with Crippen LogP contribution in [-0.4, -0.2) is 10.2 Å². The first-order valence-electron chi connectivity index (χ1n) is 3.71. The fourth-order valence-electron chi connectivity index (χ4n) is 1.01. The lowest BCUT2D eigenvalue weighted by Crippen LogP contribution is -1.84. The van der Waals surface area contributed by atoms with Crippen molar-refractivity contribution in [3.8, 4) is 11.3 Å². The summed E-state index contributed by atoms with van der Waals surface area (Å²) in [5, 5.41) is 7.78. The summed E-state index contributed by atoms with van der Waals surface area (Å²) < 4.78 is 0. The minimum atomic E-state index is 0.884. The van der Waals surface area contributed by atoms with Gasteiger partial charge in [-0.15, -0.1) is 0 Å². The molecule has 57 valence electrons. The van der Waals surface area contributed by atoms with Gasteiger partial charge < -0.3 is 0 Å². The third-order valence-corrected chi connectivity index (χ3v) is 1.58. The number of aromatic nitrogens is 2. The van der Waals surface area contributed by atoms with Gasteiger partial charge in [0.05, 0.1) is 5.69 Å². The fraction of sp³-hybridized carbons (Fsp3) is 0. The van der Waals surface area contributed by atoms with Crippen molar-refractivity contribution < 1.29 is 0 Å². The van der Waals surface area contributed by atoms with Crippen molar-refractivity contribution in [2.75, 3.05) is 0 Å². The van der Waals surface area contributed by atoms with Gasteiger partial charge in [-0.2, -0.15) is 10.2 Å². The number of hydrogen-bond donors (Lipinski definition) is 0. The predicted octanol–water partition coefficient (Wildman–Crippen LogP) is 1.94. The average molecular weight is 155 g/mol. The highest BCUT2D eigenvalue weighted by Gasteiger charge is 1.94. The molecule has 1 radical (unpaired) electrons. The first-order valence-corrected chi connectivity index (χ1v) is 3.71. The van der Waals surface area contributed by atoms with Gasteiger partial charge in [0, 0.05) is 11.8 Å². The monoisotopic (exact) mass is 155 g/mol. The van der Waals surface area contributed by atoms with E-state index in [1.807, 2.05) is 36.4 Å². The molecule has 0 aliphatic carbocycles. The highest BCUT2D eigenvalue weighted by atomic mass is 15.1. The molecule has 0 saturated heterocycles. The molecule has 12 heavy (non-hydrogen) atoms. The van der Waals surface area contributed by atoms with Crippen LogP contribution >= 0.6 is 0 Å². The van der Waals surface area contributed by atoms with Crippen molar-refractivity contribution in [3.05, 3.63) is 48.7 Å². The summed E-state index contributed by atoms with van der Waals surface area (Å²) in [5.41, 5.74) is 1.93. The summed E-state index contributed by atoms with van der Waals surface area (Å²) >= 11 is 0. The second kappa shape index (κ2) is 3.13. The Kier molecular flexibility index (Phi) is 1.82. The van der Waals surface area contributed by atoms with Crippen LogP contribution in [-0.2, 0) is 0 Å². The molecule has 1 aromatic carbocycles. The van der Waals surface area contributed by atoms with Gasteiger partial charge in [-0.05, 0) is 24.3 Å². The van der Waals surface area contributed by atoms with Crippen molar-refractivity contribution in [1.82, 2.24) is 10.2 Å². The van der Waals surface area contributed by atoms with Crippen LogP contribution in [0.2, 0.25) is 0 Å². The molecule has 2 rings (SSSR count). The molecule has 1 heterocycles. The Balaban J connectivity index is 2.46. The molecule has 2 aromatic rings. The summed E-state index contributed by atoms with van der Waals surface area (Å²) in [5.74, 6) is 0. The maximum absolute atomic E-state index is 3.98. The number of benzene rings is 1. The van der Waals surface area contributed by atoms with Crippen molar-refractivity contribution in [3.63, 3.8) is 0 Å². The van der Waals surface area contributed by atoms with Gasteiger partial charge in [0.2, 0.25) is 0 Å². The van der Waals surface area contributed by atoms with Crippen molar-refractivity contribution in [1.29, 1.82) is 0 Å². The van der Waals surface area contributed by atoms with E-state index in [0.717, 1.165) is 11.3 Å². The normalized spacial score (nSPS) is 9.67. The lowest BCUT2D eigenvalue weighted by Gasteiger charge is -1.95. The zero-order valence-electron chi connectivity index (χ0n) is 6.44. The standard InChI is InChI=1S/C10H7N2/c1-2-5-9(6-3-1)10-7-4-8-11-12-10/h1-2,4-8H. The van der Waals surface area contributed by atoms with E-state index in [2.05, 4.69) is 16.3 Å². The third kappa shape index (κ3) is 1.32. The Bertz CT molecular complexity index is 305. The van der Waals surface area contributed by atoms with E-state index < -0.39 is 0 Å². The molecule has 0 unspecified atom stereocenters. The first kappa shape index (κ1) is 6.98. The van der Waals surface area contributed by atoms with Crippen LogP contribution in [0.3, 0.4) is 0 Å². The second-order valence-electron chi connectivity index (χ2n) is 2.40. The molecule has 0 amide bonds. The quantitative estimate of drug-likeness (QED) is 0.629. The van der Waals surface area contributed by atoms with Crippen LogP contribution in [0.5, 0.6) is 0 Å². The molecule has 2 heteroatoms. The lowest BCUT2D eigenvalue weighted by molar-refractivity contribution is 1.04. The lowest BCUT2D eigenvalue weighted by atomic mass is 10.1. The Morgan fingerprint density at radius 2 is 2.17 bits per heavy atom. The highest BCUT2D eigenvalue weighted by Crippen LogP contribution is 2.13. The first-order chi connectivity index (χ1) is 5.97.